The van der Waals surface area contributed by atoms with Crippen LogP contribution in [-0.4, -0.2) is 11.0 Å². The van der Waals surface area contributed by atoms with Gasteiger partial charge in [-0.25, -0.2) is 0 Å². The minimum atomic E-state index is 0.0226. The second-order valence-corrected chi connectivity index (χ2v) is 5.38. The largest absolute Gasteiger partial charge is 0.296 e. The van der Waals surface area contributed by atoms with Crippen molar-refractivity contribution in [2.24, 2.45) is 11.8 Å². The molecule has 0 amide bonds. The molecule has 4 atom stereocenters. The number of hydrogen-bond donors (Lipinski definition) is 1. The van der Waals surface area contributed by atoms with Crippen LogP contribution in [0.5, 0.6) is 0 Å². The molecule has 2 saturated heterocycles. The highest BCUT2D eigenvalue weighted by atomic mass is 35.5. The molecule has 0 aromatic carbocycles. The Kier molecular flexibility index (Phi) is 1.19. The first-order valence-corrected chi connectivity index (χ1v) is 5.08. The van der Waals surface area contributed by atoms with Crippen molar-refractivity contribution >= 4 is 11.6 Å². The molecule has 0 aromatic heterocycles. The van der Waals surface area contributed by atoms with Crippen molar-refractivity contribution in [1.29, 1.82) is 0 Å². The molecule has 2 heteroatoms. The van der Waals surface area contributed by atoms with Gasteiger partial charge in [0.25, 0.3) is 0 Å². The average molecular weight is 172 g/mol. The minimum absolute atomic E-state index is 0.0226. The van der Waals surface area contributed by atoms with Crippen LogP contribution in [0.2, 0.25) is 0 Å². The van der Waals surface area contributed by atoms with Crippen LogP contribution < -0.4 is 5.32 Å². The lowest BCUT2D eigenvalue weighted by Crippen LogP contribution is -2.61. The fourth-order valence-corrected chi connectivity index (χ4v) is 4.09. The van der Waals surface area contributed by atoms with E-state index in [9.17, 15) is 0 Å². The first-order chi connectivity index (χ1) is 5.23. The van der Waals surface area contributed by atoms with E-state index in [1.807, 2.05) is 0 Å². The van der Waals surface area contributed by atoms with E-state index in [0.717, 1.165) is 17.9 Å². The molecule has 1 N–H and O–H groups in total. The molecule has 2 heterocycles. The van der Waals surface area contributed by atoms with Crippen LogP contribution in [0.1, 0.15) is 32.1 Å². The Labute approximate surface area is 72.5 Å². The van der Waals surface area contributed by atoms with Crippen molar-refractivity contribution in [3.05, 3.63) is 0 Å². The SMILES string of the molecule is ClC12C[C@@H]3CC(C[C@@H](C3)C1)N2. The van der Waals surface area contributed by atoms with Crippen molar-refractivity contribution in [1.82, 2.24) is 5.32 Å². The summed E-state index contributed by atoms with van der Waals surface area (Å²) in [6.07, 6.45) is 6.70. The summed E-state index contributed by atoms with van der Waals surface area (Å²) in [5.41, 5.74) is 0. The zero-order valence-corrected chi connectivity index (χ0v) is 7.40. The van der Waals surface area contributed by atoms with Crippen LogP contribution in [0.15, 0.2) is 0 Å². The van der Waals surface area contributed by atoms with Gasteiger partial charge in [0.15, 0.2) is 0 Å². The Morgan fingerprint density at radius 2 is 1.73 bits per heavy atom. The Morgan fingerprint density at radius 3 is 2.18 bits per heavy atom. The lowest BCUT2D eigenvalue weighted by Gasteiger charge is -2.54. The highest BCUT2D eigenvalue weighted by Gasteiger charge is 2.49. The van der Waals surface area contributed by atoms with Crippen LogP contribution in [0.3, 0.4) is 0 Å². The number of hydrogen-bond acceptors (Lipinski definition) is 1. The maximum Gasteiger partial charge on any atom is 0.0943 e. The third-order valence-electron chi connectivity index (χ3n) is 3.59. The molecular formula is C9H14ClN. The van der Waals surface area contributed by atoms with Crippen LogP contribution in [0.25, 0.3) is 0 Å². The number of nitrogens with one attached hydrogen (secondary N) is 1. The fraction of sp³-hybridized carbons (Fsp3) is 1.00. The van der Waals surface area contributed by atoms with Gasteiger partial charge in [0, 0.05) is 6.04 Å². The molecule has 62 valence electrons. The van der Waals surface area contributed by atoms with Crippen LogP contribution in [-0.2, 0) is 0 Å². The summed E-state index contributed by atoms with van der Waals surface area (Å²) in [6, 6.07) is 0.763. The summed E-state index contributed by atoms with van der Waals surface area (Å²) in [5.74, 6) is 1.90. The van der Waals surface area contributed by atoms with E-state index >= 15 is 0 Å². The average Bonchev–Trinajstić information content (AvgIpc) is 1.79. The van der Waals surface area contributed by atoms with Crippen molar-refractivity contribution in [3.63, 3.8) is 0 Å². The lowest BCUT2D eigenvalue weighted by molar-refractivity contribution is 0.0402. The Bertz CT molecular complexity index is 155. The van der Waals surface area contributed by atoms with Gasteiger partial charge in [0.05, 0.1) is 5.00 Å². The predicted octanol–water partition coefficient (Wildman–Crippen LogP) is 2.10. The number of alkyl halides is 1. The molecule has 2 saturated carbocycles. The molecule has 0 spiro atoms. The van der Waals surface area contributed by atoms with Gasteiger partial charge in [-0.2, -0.15) is 0 Å². The number of piperidine rings is 2. The van der Waals surface area contributed by atoms with E-state index in [1.165, 1.54) is 32.1 Å². The second kappa shape index (κ2) is 1.94. The molecule has 4 aliphatic rings. The number of halogens is 1. The first kappa shape index (κ1) is 6.73. The van der Waals surface area contributed by atoms with Gasteiger partial charge in [0.2, 0.25) is 0 Å². The maximum absolute atomic E-state index is 6.42. The molecule has 1 nitrogen and oxygen atoms in total. The molecule has 11 heavy (non-hydrogen) atoms. The highest BCUT2D eigenvalue weighted by Crippen LogP contribution is 2.50. The molecule has 4 rings (SSSR count). The van der Waals surface area contributed by atoms with Crippen LogP contribution >= 0.6 is 11.6 Å². The standard InChI is InChI=1S/C9H14ClN/c10-9-4-6-1-7(5-9)3-8(2-6)11-9/h6-8,11H,1-5H2/t6-,7+,8?,9?. The Hall–Kier alpha value is 0.250. The molecule has 2 aliphatic carbocycles. The van der Waals surface area contributed by atoms with E-state index in [4.69, 9.17) is 11.6 Å². The van der Waals surface area contributed by atoms with Crippen molar-refractivity contribution in [2.75, 3.05) is 0 Å². The lowest BCUT2D eigenvalue weighted by atomic mass is 9.64. The summed E-state index contributed by atoms with van der Waals surface area (Å²) < 4.78 is 0. The van der Waals surface area contributed by atoms with Crippen molar-refractivity contribution in [3.8, 4) is 0 Å². The van der Waals surface area contributed by atoms with Crippen molar-refractivity contribution in [2.45, 2.75) is 43.1 Å². The molecule has 0 aromatic rings. The minimum Gasteiger partial charge on any atom is -0.296 e. The quantitative estimate of drug-likeness (QED) is 0.435. The van der Waals surface area contributed by atoms with Crippen LogP contribution in [0, 0.1) is 11.8 Å². The third-order valence-corrected chi connectivity index (χ3v) is 4.01. The summed E-state index contributed by atoms with van der Waals surface area (Å²) in [5, 5.41) is 3.56. The molecule has 0 radical (unpaired) electrons. The van der Waals surface area contributed by atoms with E-state index in [0.29, 0.717) is 0 Å². The second-order valence-electron chi connectivity index (χ2n) is 4.65. The summed E-state index contributed by atoms with van der Waals surface area (Å²) in [4.78, 5) is 0.0226. The predicted molar refractivity (Wildman–Crippen MR) is 45.6 cm³/mol. The number of rotatable bonds is 0. The van der Waals surface area contributed by atoms with Gasteiger partial charge < -0.3 is 0 Å². The van der Waals surface area contributed by atoms with E-state index in [2.05, 4.69) is 5.32 Å². The van der Waals surface area contributed by atoms with Gasteiger partial charge >= 0.3 is 0 Å². The fourth-order valence-electron chi connectivity index (χ4n) is 3.50. The van der Waals surface area contributed by atoms with E-state index in [-0.39, 0.29) is 5.00 Å². The first-order valence-electron chi connectivity index (χ1n) is 4.70. The third kappa shape index (κ3) is 0.940. The van der Waals surface area contributed by atoms with Gasteiger partial charge in [-0.05, 0) is 43.9 Å². The summed E-state index contributed by atoms with van der Waals surface area (Å²) in [7, 11) is 0. The zero-order valence-electron chi connectivity index (χ0n) is 6.65. The monoisotopic (exact) mass is 171 g/mol. The normalized spacial score (nSPS) is 60.3. The summed E-state index contributed by atoms with van der Waals surface area (Å²) >= 11 is 6.42. The summed E-state index contributed by atoms with van der Waals surface area (Å²) in [6.45, 7) is 0. The molecule has 2 unspecified atom stereocenters. The van der Waals surface area contributed by atoms with Crippen LogP contribution in [0.4, 0.5) is 0 Å². The highest BCUT2D eigenvalue weighted by molar-refractivity contribution is 6.23. The molecule has 2 aliphatic heterocycles. The Balaban J connectivity index is 1.94. The van der Waals surface area contributed by atoms with E-state index in [1.54, 1.807) is 0 Å². The van der Waals surface area contributed by atoms with Gasteiger partial charge in [-0.1, -0.05) is 0 Å². The van der Waals surface area contributed by atoms with Crippen molar-refractivity contribution < 1.29 is 0 Å². The van der Waals surface area contributed by atoms with E-state index < -0.39 is 0 Å². The van der Waals surface area contributed by atoms with Gasteiger partial charge in [-0.3, -0.25) is 5.32 Å². The smallest absolute Gasteiger partial charge is 0.0943 e. The van der Waals surface area contributed by atoms with Gasteiger partial charge in [0.1, 0.15) is 0 Å². The Morgan fingerprint density at radius 1 is 1.09 bits per heavy atom. The molecule has 4 fully saturated rings. The van der Waals surface area contributed by atoms with Gasteiger partial charge in [-0.15, -0.1) is 11.6 Å². The maximum atomic E-state index is 6.42. The molecule has 4 bridgehead atoms. The zero-order chi connectivity index (χ0) is 7.47. The topological polar surface area (TPSA) is 12.0 Å². The molecular weight excluding hydrogens is 158 g/mol.